The lowest BCUT2D eigenvalue weighted by molar-refractivity contribution is 0.414. The van der Waals surface area contributed by atoms with Gasteiger partial charge in [-0.2, -0.15) is 0 Å². The molecule has 0 radical (unpaired) electrons. The summed E-state index contributed by atoms with van der Waals surface area (Å²) in [6, 6.07) is 22.3. The van der Waals surface area contributed by atoms with Crippen LogP contribution >= 0.6 is 23.0 Å². The van der Waals surface area contributed by atoms with Crippen LogP contribution in [0.2, 0.25) is 0 Å². The van der Waals surface area contributed by atoms with Crippen LogP contribution in [0.1, 0.15) is 54.0 Å². The molecule has 35 heavy (non-hydrogen) atoms. The smallest absolute Gasteiger partial charge is 0.192 e. The minimum absolute atomic E-state index is 0.497. The highest BCUT2D eigenvalue weighted by Crippen LogP contribution is 2.40. The maximum absolute atomic E-state index is 5.64. The van der Waals surface area contributed by atoms with E-state index in [1.165, 1.54) is 33.5 Å². The van der Waals surface area contributed by atoms with Gasteiger partial charge >= 0.3 is 0 Å². The lowest BCUT2D eigenvalue weighted by Gasteiger charge is -2.32. The van der Waals surface area contributed by atoms with Gasteiger partial charge in [0.15, 0.2) is 23.0 Å². The molecule has 0 heterocycles. The van der Waals surface area contributed by atoms with E-state index in [-0.39, 0.29) is 0 Å². The lowest BCUT2D eigenvalue weighted by atomic mass is 9.79. The first-order valence-electron chi connectivity index (χ1n) is 12.8. The second-order valence-corrected chi connectivity index (χ2v) is 9.75. The summed E-state index contributed by atoms with van der Waals surface area (Å²) in [6.45, 7) is 8.29. The highest BCUT2D eigenvalue weighted by Gasteiger charge is 2.25. The van der Waals surface area contributed by atoms with E-state index in [1.807, 2.05) is 23.0 Å². The third-order valence-corrected chi connectivity index (χ3v) is 7.64. The van der Waals surface area contributed by atoms with Gasteiger partial charge in [-0.05, 0) is 97.6 Å². The predicted octanol–water partition coefficient (Wildman–Crippen LogP) is 6.88. The SMILES string of the molecule is CCNCCc1ccc(CN(CC)c2cc(OC)ccc2[C@@H]2CCc3cc(OI)ccc3C2)cc1. The number of halogens is 1. The van der Waals surface area contributed by atoms with Gasteiger partial charge in [0.2, 0.25) is 0 Å². The molecule has 0 saturated carbocycles. The molecule has 0 spiro atoms. The third-order valence-electron chi connectivity index (χ3n) is 7.13. The minimum atomic E-state index is 0.497. The summed E-state index contributed by atoms with van der Waals surface area (Å²) in [5.74, 6) is 2.36. The Balaban J connectivity index is 1.56. The Labute approximate surface area is 224 Å². The van der Waals surface area contributed by atoms with E-state index in [4.69, 9.17) is 7.80 Å². The number of fused-ring (bicyclic) bond motifs is 1. The molecule has 1 aliphatic carbocycles. The van der Waals surface area contributed by atoms with Gasteiger partial charge in [0.25, 0.3) is 0 Å². The van der Waals surface area contributed by atoms with Gasteiger partial charge in [-0.1, -0.05) is 43.3 Å². The molecule has 4 rings (SSSR count). The molecule has 1 aliphatic rings. The van der Waals surface area contributed by atoms with E-state index in [1.54, 1.807) is 7.11 Å². The second-order valence-electron chi connectivity index (χ2n) is 9.31. The van der Waals surface area contributed by atoms with Crippen LogP contribution in [-0.4, -0.2) is 26.7 Å². The standard InChI is InChI=1S/C30H37IN2O2/c1-4-32-17-16-22-6-8-23(9-7-22)21-33(5-2)30-20-27(34-3)14-15-29(30)26-11-10-25-19-28(35-31)13-12-24(25)18-26/h6-9,12-15,19-20,26,32H,4-5,10-11,16-18,21H2,1-3H3/t26-/m1/s1. The number of aryl methyl sites for hydroxylation is 1. The number of nitrogens with zero attached hydrogens (tertiary/aromatic N) is 1. The Morgan fingerprint density at radius 2 is 1.71 bits per heavy atom. The van der Waals surface area contributed by atoms with Crippen LogP contribution in [0.15, 0.2) is 60.7 Å². The summed E-state index contributed by atoms with van der Waals surface area (Å²) < 4.78 is 11.1. The van der Waals surface area contributed by atoms with Gasteiger partial charge in [-0.15, -0.1) is 0 Å². The molecule has 3 aromatic rings. The van der Waals surface area contributed by atoms with Crippen molar-refractivity contribution in [2.24, 2.45) is 0 Å². The molecule has 0 bridgehead atoms. The molecule has 186 valence electrons. The molecule has 0 aliphatic heterocycles. The number of ether oxygens (including phenoxy) is 1. The molecule has 4 nitrogen and oxygen atoms in total. The highest BCUT2D eigenvalue weighted by atomic mass is 127. The van der Waals surface area contributed by atoms with Crippen molar-refractivity contribution in [1.29, 1.82) is 0 Å². The van der Waals surface area contributed by atoms with Crippen molar-refractivity contribution in [1.82, 2.24) is 5.32 Å². The number of benzene rings is 3. The van der Waals surface area contributed by atoms with E-state index in [0.717, 1.165) is 63.4 Å². The minimum Gasteiger partial charge on any atom is -0.497 e. The van der Waals surface area contributed by atoms with Crippen molar-refractivity contribution in [2.75, 3.05) is 31.6 Å². The maximum Gasteiger partial charge on any atom is 0.192 e. The van der Waals surface area contributed by atoms with Gasteiger partial charge in [0, 0.05) is 24.8 Å². The fourth-order valence-electron chi connectivity index (χ4n) is 5.12. The topological polar surface area (TPSA) is 33.7 Å². The van der Waals surface area contributed by atoms with Crippen LogP contribution in [0.25, 0.3) is 0 Å². The first kappa shape index (κ1) is 25.8. The molecule has 0 saturated heterocycles. The maximum atomic E-state index is 5.64. The Morgan fingerprint density at radius 1 is 0.943 bits per heavy atom. The second kappa shape index (κ2) is 12.6. The van der Waals surface area contributed by atoms with Crippen LogP contribution in [0.5, 0.6) is 11.5 Å². The van der Waals surface area contributed by atoms with Gasteiger partial charge in [-0.3, -0.25) is 0 Å². The summed E-state index contributed by atoms with van der Waals surface area (Å²) in [6.07, 6.45) is 4.36. The fraction of sp³-hybridized carbons (Fsp3) is 0.400. The number of rotatable bonds is 11. The number of nitrogens with one attached hydrogen (secondary N) is 1. The number of methoxy groups -OCH3 is 1. The zero-order valence-electron chi connectivity index (χ0n) is 21.1. The van der Waals surface area contributed by atoms with Crippen LogP contribution in [0.3, 0.4) is 0 Å². The molecule has 5 heteroatoms. The quantitative estimate of drug-likeness (QED) is 0.197. The molecule has 0 amide bonds. The predicted molar refractivity (Wildman–Crippen MR) is 154 cm³/mol. The van der Waals surface area contributed by atoms with Crippen molar-refractivity contribution >= 4 is 28.7 Å². The monoisotopic (exact) mass is 584 g/mol. The molecule has 0 fully saturated rings. The Hall–Kier alpha value is -2.25. The number of hydrogen-bond donors (Lipinski definition) is 1. The molecular weight excluding hydrogens is 547 g/mol. The Kier molecular flexibility index (Phi) is 9.32. The van der Waals surface area contributed by atoms with Crippen LogP contribution in [-0.2, 0) is 25.8 Å². The normalized spacial score (nSPS) is 14.9. The first-order chi connectivity index (χ1) is 17.1. The lowest BCUT2D eigenvalue weighted by Crippen LogP contribution is -2.25. The number of anilines is 1. The molecule has 0 aromatic heterocycles. The zero-order chi connectivity index (χ0) is 24.6. The average molecular weight is 585 g/mol. The van der Waals surface area contributed by atoms with Gasteiger partial charge < -0.3 is 18.0 Å². The third kappa shape index (κ3) is 6.50. The molecule has 3 aromatic carbocycles. The molecule has 0 unspecified atom stereocenters. The van der Waals surface area contributed by atoms with E-state index in [9.17, 15) is 0 Å². The molecule has 1 atom stereocenters. The largest absolute Gasteiger partial charge is 0.497 e. The highest BCUT2D eigenvalue weighted by molar-refractivity contribution is 14.1. The summed E-state index contributed by atoms with van der Waals surface area (Å²) in [5.41, 5.74) is 8.31. The van der Waals surface area contributed by atoms with Gasteiger partial charge in [0.1, 0.15) is 11.5 Å². The van der Waals surface area contributed by atoms with Crippen LogP contribution < -0.4 is 18.0 Å². The fourth-order valence-corrected chi connectivity index (χ4v) is 5.40. The summed E-state index contributed by atoms with van der Waals surface area (Å²) in [7, 11) is 1.75. The van der Waals surface area contributed by atoms with Crippen molar-refractivity contribution in [3.05, 3.63) is 88.5 Å². The van der Waals surface area contributed by atoms with Gasteiger partial charge in [-0.25, -0.2) is 0 Å². The van der Waals surface area contributed by atoms with E-state index in [2.05, 4.69) is 84.7 Å². The summed E-state index contributed by atoms with van der Waals surface area (Å²) in [5, 5.41) is 3.41. The van der Waals surface area contributed by atoms with Crippen molar-refractivity contribution in [3.8, 4) is 11.5 Å². The van der Waals surface area contributed by atoms with E-state index in [0.29, 0.717) is 5.92 Å². The van der Waals surface area contributed by atoms with Crippen molar-refractivity contribution < 1.29 is 7.80 Å². The Bertz CT molecular complexity index is 1100. The van der Waals surface area contributed by atoms with Crippen molar-refractivity contribution in [3.63, 3.8) is 0 Å². The van der Waals surface area contributed by atoms with Crippen molar-refractivity contribution in [2.45, 2.75) is 52.0 Å². The molecular formula is C30H37IN2O2. The van der Waals surface area contributed by atoms with E-state index >= 15 is 0 Å². The van der Waals surface area contributed by atoms with E-state index < -0.39 is 0 Å². The molecule has 1 N–H and O–H groups in total. The average Bonchev–Trinajstić information content (AvgIpc) is 2.91. The first-order valence-corrected chi connectivity index (χ1v) is 13.6. The Morgan fingerprint density at radius 3 is 2.43 bits per heavy atom. The number of likely N-dealkylation sites (N-methyl/N-ethyl adjacent to an activating group) is 1. The summed E-state index contributed by atoms with van der Waals surface area (Å²) in [4.78, 5) is 2.49. The zero-order valence-corrected chi connectivity index (χ0v) is 23.3. The number of hydrogen-bond acceptors (Lipinski definition) is 4. The van der Waals surface area contributed by atoms with Crippen LogP contribution in [0.4, 0.5) is 5.69 Å². The van der Waals surface area contributed by atoms with Gasteiger partial charge in [0.05, 0.1) is 7.11 Å². The summed E-state index contributed by atoms with van der Waals surface area (Å²) >= 11 is 1.96. The van der Waals surface area contributed by atoms with Crippen LogP contribution in [0, 0.1) is 0 Å².